The fourth-order valence-electron chi connectivity index (χ4n) is 4.26. The van der Waals surface area contributed by atoms with Gasteiger partial charge in [-0.3, -0.25) is 9.59 Å². The van der Waals surface area contributed by atoms with E-state index in [4.69, 9.17) is 0 Å². The van der Waals surface area contributed by atoms with Crippen LogP contribution in [0.15, 0.2) is 54.7 Å². The van der Waals surface area contributed by atoms with E-state index in [1.54, 1.807) is 12.1 Å². The summed E-state index contributed by atoms with van der Waals surface area (Å²) >= 11 is 0. The van der Waals surface area contributed by atoms with Crippen molar-refractivity contribution in [2.24, 2.45) is 0 Å². The second-order valence-corrected chi connectivity index (χ2v) is 8.11. The molecule has 154 valence electrons. The zero-order valence-electron chi connectivity index (χ0n) is 17.5. The first-order valence-electron chi connectivity index (χ1n) is 10.5. The number of amides is 1. The molecule has 0 saturated heterocycles. The normalized spacial score (nSPS) is 15.5. The molecule has 4 rings (SSSR count). The van der Waals surface area contributed by atoms with Crippen LogP contribution in [0.25, 0.3) is 5.69 Å². The van der Waals surface area contributed by atoms with Gasteiger partial charge in [0.25, 0.3) is 0 Å². The van der Waals surface area contributed by atoms with Crippen molar-refractivity contribution in [3.8, 4) is 5.69 Å². The Kier molecular flexibility index (Phi) is 5.79. The number of Topliss-reactive ketones (excluding diaryl/α,β-unsaturated/α-hetero) is 1. The minimum absolute atomic E-state index is 0.00211. The molecule has 5 nitrogen and oxygen atoms in total. The molecule has 3 aromatic rings. The van der Waals surface area contributed by atoms with E-state index < -0.39 is 0 Å². The highest BCUT2D eigenvalue weighted by atomic mass is 16.2. The summed E-state index contributed by atoms with van der Waals surface area (Å²) in [6, 6.07) is 15.5. The third-order valence-corrected chi connectivity index (χ3v) is 5.64. The molecule has 0 saturated carbocycles. The zero-order valence-corrected chi connectivity index (χ0v) is 17.5. The average molecular weight is 402 g/mol. The Labute approximate surface area is 177 Å². The number of nitrogens with zero attached hydrogens (tertiary/aromatic N) is 2. The predicted molar refractivity (Wildman–Crippen MR) is 117 cm³/mol. The number of benzene rings is 2. The van der Waals surface area contributed by atoms with Crippen molar-refractivity contribution >= 4 is 11.7 Å². The van der Waals surface area contributed by atoms with E-state index in [-0.39, 0.29) is 30.6 Å². The molecule has 0 unspecified atom stereocenters. The van der Waals surface area contributed by atoms with Crippen molar-refractivity contribution in [2.75, 3.05) is 0 Å². The summed E-state index contributed by atoms with van der Waals surface area (Å²) in [5.74, 6) is -0.0889. The van der Waals surface area contributed by atoms with Crippen molar-refractivity contribution in [2.45, 2.75) is 52.0 Å². The maximum absolute atomic E-state index is 12.5. The molecule has 1 aliphatic carbocycles. The number of rotatable bonds is 6. The van der Waals surface area contributed by atoms with Crippen LogP contribution in [0, 0.1) is 13.8 Å². The zero-order chi connectivity index (χ0) is 21.1. The summed E-state index contributed by atoms with van der Waals surface area (Å²) in [7, 11) is 0. The Morgan fingerprint density at radius 2 is 1.80 bits per heavy atom. The summed E-state index contributed by atoms with van der Waals surface area (Å²) in [5.41, 5.74) is 6.38. The highest BCUT2D eigenvalue weighted by molar-refractivity contribution is 5.97. The third kappa shape index (κ3) is 4.35. The monoisotopic (exact) mass is 401 g/mol. The second-order valence-electron chi connectivity index (χ2n) is 8.11. The van der Waals surface area contributed by atoms with E-state index in [9.17, 15) is 9.59 Å². The minimum Gasteiger partial charge on any atom is -0.349 e. The van der Waals surface area contributed by atoms with Crippen molar-refractivity contribution in [3.63, 3.8) is 0 Å². The van der Waals surface area contributed by atoms with Crippen molar-refractivity contribution in [1.29, 1.82) is 0 Å². The molecule has 30 heavy (non-hydrogen) atoms. The van der Waals surface area contributed by atoms with Crippen LogP contribution in [0.2, 0.25) is 0 Å². The molecule has 0 bridgehead atoms. The molecule has 0 fully saturated rings. The van der Waals surface area contributed by atoms with Gasteiger partial charge in [-0.2, -0.15) is 5.10 Å². The van der Waals surface area contributed by atoms with Crippen LogP contribution >= 0.6 is 0 Å². The van der Waals surface area contributed by atoms with Gasteiger partial charge in [-0.1, -0.05) is 36.4 Å². The Hall–Kier alpha value is -3.21. The molecular formula is C25H27N3O2. The highest BCUT2D eigenvalue weighted by Gasteiger charge is 2.26. The van der Waals surface area contributed by atoms with E-state index in [1.807, 2.05) is 29.1 Å². The lowest BCUT2D eigenvalue weighted by atomic mass is 9.92. The van der Waals surface area contributed by atoms with Crippen molar-refractivity contribution in [3.05, 3.63) is 82.7 Å². The van der Waals surface area contributed by atoms with Crippen LogP contribution < -0.4 is 5.32 Å². The quantitative estimate of drug-likeness (QED) is 0.612. The number of hydrogen-bond acceptors (Lipinski definition) is 3. The van der Waals surface area contributed by atoms with Crippen molar-refractivity contribution in [1.82, 2.24) is 15.1 Å². The first kappa shape index (κ1) is 20.1. The van der Waals surface area contributed by atoms with Gasteiger partial charge in [0.15, 0.2) is 5.78 Å². The van der Waals surface area contributed by atoms with Gasteiger partial charge in [0, 0.05) is 29.7 Å². The summed E-state index contributed by atoms with van der Waals surface area (Å²) in [4.78, 5) is 24.8. The molecule has 1 aromatic heterocycles. The van der Waals surface area contributed by atoms with Crippen LogP contribution in [-0.4, -0.2) is 21.5 Å². The Balaban J connectivity index is 1.44. The second kappa shape index (κ2) is 8.66. The van der Waals surface area contributed by atoms with Gasteiger partial charge in [-0.25, -0.2) is 4.68 Å². The Morgan fingerprint density at radius 3 is 2.53 bits per heavy atom. The van der Waals surface area contributed by atoms with Crippen LogP contribution in [-0.2, 0) is 11.2 Å². The van der Waals surface area contributed by atoms with E-state index in [0.717, 1.165) is 36.2 Å². The van der Waals surface area contributed by atoms with Crippen LogP contribution in [0.5, 0.6) is 0 Å². The average Bonchev–Trinajstić information content (AvgIpc) is 3.17. The van der Waals surface area contributed by atoms with Crippen LogP contribution in [0.4, 0.5) is 0 Å². The number of carbonyl (C=O) groups is 2. The predicted octanol–water partition coefficient (Wildman–Crippen LogP) is 4.65. The van der Waals surface area contributed by atoms with Crippen LogP contribution in [0.3, 0.4) is 0 Å². The van der Waals surface area contributed by atoms with Crippen LogP contribution in [0.1, 0.15) is 64.5 Å². The number of fused-ring (bicyclic) bond motifs is 1. The van der Waals surface area contributed by atoms with Gasteiger partial charge in [-0.15, -0.1) is 0 Å². The number of carbonyl (C=O) groups excluding carboxylic acids is 2. The third-order valence-electron chi connectivity index (χ3n) is 5.64. The molecular weight excluding hydrogens is 374 g/mol. The number of aromatic nitrogens is 2. The van der Waals surface area contributed by atoms with Gasteiger partial charge in [0.1, 0.15) is 0 Å². The molecule has 0 spiro atoms. The Bertz CT molecular complexity index is 1050. The minimum atomic E-state index is -0.0868. The van der Waals surface area contributed by atoms with E-state index in [0.29, 0.717) is 5.56 Å². The first-order valence-corrected chi connectivity index (χ1v) is 10.5. The molecule has 0 aliphatic heterocycles. The maximum Gasteiger partial charge on any atom is 0.220 e. The molecule has 5 heteroatoms. The van der Waals surface area contributed by atoms with Gasteiger partial charge in [0.2, 0.25) is 5.91 Å². The maximum atomic E-state index is 12.5. The van der Waals surface area contributed by atoms with E-state index >= 15 is 0 Å². The summed E-state index contributed by atoms with van der Waals surface area (Å²) in [5, 5.41) is 7.76. The van der Waals surface area contributed by atoms with Gasteiger partial charge in [-0.05, 0) is 56.4 Å². The lowest BCUT2D eigenvalue weighted by Crippen LogP contribution is -2.31. The lowest BCUT2D eigenvalue weighted by Gasteiger charge is -2.24. The fraction of sp³-hybridized carbons (Fsp3) is 0.320. The standard InChI is InChI=1S/C25H27N3O2/c1-17-13-18(2)15-20(14-17)28-23-10-6-9-22(21(23)16-26-28)27-25(30)12-11-24(29)19-7-4-3-5-8-19/h3-5,7-8,13-16,22H,6,9-12H2,1-2H3,(H,27,30)/t22-/m0/s1. The van der Waals surface area contributed by atoms with Gasteiger partial charge in [0.05, 0.1) is 17.9 Å². The molecule has 2 aromatic carbocycles. The summed E-state index contributed by atoms with van der Waals surface area (Å²) in [6.07, 6.45) is 5.14. The molecule has 1 atom stereocenters. The highest BCUT2D eigenvalue weighted by Crippen LogP contribution is 2.31. The topological polar surface area (TPSA) is 64.0 Å². The number of ketones is 1. The first-order chi connectivity index (χ1) is 14.5. The molecule has 1 N–H and O–H groups in total. The molecule has 1 aliphatic rings. The number of aryl methyl sites for hydroxylation is 2. The van der Waals surface area contributed by atoms with E-state index in [2.05, 4.69) is 42.5 Å². The van der Waals surface area contributed by atoms with E-state index in [1.165, 1.54) is 11.1 Å². The molecule has 1 heterocycles. The lowest BCUT2D eigenvalue weighted by molar-refractivity contribution is -0.121. The Morgan fingerprint density at radius 1 is 1.07 bits per heavy atom. The summed E-state index contributed by atoms with van der Waals surface area (Å²) in [6.45, 7) is 4.18. The summed E-state index contributed by atoms with van der Waals surface area (Å²) < 4.78 is 2.01. The largest absolute Gasteiger partial charge is 0.349 e. The van der Waals surface area contributed by atoms with Gasteiger partial charge >= 0.3 is 0 Å². The van der Waals surface area contributed by atoms with Crippen molar-refractivity contribution < 1.29 is 9.59 Å². The number of nitrogens with one attached hydrogen (secondary N) is 1. The fourth-order valence-corrected chi connectivity index (χ4v) is 4.26. The SMILES string of the molecule is Cc1cc(C)cc(-n2ncc3c2CCC[C@@H]3NC(=O)CCC(=O)c2ccccc2)c1. The molecule has 1 amide bonds. The smallest absolute Gasteiger partial charge is 0.220 e. The number of hydrogen-bond donors (Lipinski definition) is 1. The molecule has 0 radical (unpaired) electrons. The van der Waals surface area contributed by atoms with Gasteiger partial charge < -0.3 is 5.32 Å².